The number of aliphatic hydroxyl groups is 1. The van der Waals surface area contributed by atoms with Crippen LogP contribution in [0.25, 0.3) is 0 Å². The molecule has 0 aliphatic heterocycles. The molecule has 112 valence electrons. The fourth-order valence-corrected chi connectivity index (χ4v) is 2.75. The van der Waals surface area contributed by atoms with E-state index in [0.29, 0.717) is 24.8 Å². The van der Waals surface area contributed by atoms with Gasteiger partial charge in [-0.05, 0) is 32.3 Å². The Kier molecular flexibility index (Phi) is 6.05. The van der Waals surface area contributed by atoms with E-state index in [9.17, 15) is 18.5 Å². The van der Waals surface area contributed by atoms with Crippen molar-refractivity contribution in [1.82, 2.24) is 4.72 Å². The minimum Gasteiger partial charge on any atom is -0.396 e. The molecule has 0 radical (unpaired) electrons. The fraction of sp³-hybridized carbons (Fsp3) is 0.500. The second-order valence-electron chi connectivity index (χ2n) is 4.39. The number of nitro benzene ring substituents is 1. The van der Waals surface area contributed by atoms with Gasteiger partial charge in [0.15, 0.2) is 0 Å². The third-order valence-corrected chi connectivity index (χ3v) is 4.27. The summed E-state index contributed by atoms with van der Waals surface area (Å²) in [6.45, 7) is 1.87. The van der Waals surface area contributed by atoms with Crippen molar-refractivity contribution < 1.29 is 18.4 Å². The maximum absolute atomic E-state index is 12.0. The number of hydrogen-bond acceptors (Lipinski definition) is 5. The van der Waals surface area contributed by atoms with E-state index in [4.69, 9.17) is 5.11 Å². The molecule has 0 spiro atoms. The zero-order valence-corrected chi connectivity index (χ0v) is 12.0. The van der Waals surface area contributed by atoms with Crippen molar-refractivity contribution in [3.8, 4) is 0 Å². The molecule has 0 aliphatic carbocycles. The molecule has 0 amide bonds. The molecule has 0 heterocycles. The van der Waals surface area contributed by atoms with Crippen LogP contribution in [0.4, 0.5) is 5.69 Å². The molecule has 20 heavy (non-hydrogen) atoms. The number of nitrogens with one attached hydrogen (secondary N) is 1. The second kappa shape index (κ2) is 7.32. The quantitative estimate of drug-likeness (QED) is 0.428. The van der Waals surface area contributed by atoms with Crippen LogP contribution in [-0.2, 0) is 10.0 Å². The topological polar surface area (TPSA) is 110 Å². The summed E-state index contributed by atoms with van der Waals surface area (Å²) in [6, 6.07) is 3.82. The van der Waals surface area contributed by atoms with Crippen molar-refractivity contribution in [2.45, 2.75) is 31.1 Å². The smallest absolute Gasteiger partial charge is 0.273 e. The zero-order chi connectivity index (χ0) is 15.2. The molecule has 2 N–H and O–H groups in total. The van der Waals surface area contributed by atoms with Gasteiger partial charge in [-0.25, -0.2) is 13.1 Å². The van der Waals surface area contributed by atoms with E-state index in [-0.39, 0.29) is 23.7 Å². The number of aliphatic hydroxyl groups excluding tert-OH is 1. The van der Waals surface area contributed by atoms with E-state index in [0.717, 1.165) is 6.07 Å². The number of hydrogen-bond donors (Lipinski definition) is 2. The Bertz CT molecular complexity index is 571. The number of nitrogens with zero attached hydrogens (tertiary/aromatic N) is 1. The Labute approximate surface area is 117 Å². The largest absolute Gasteiger partial charge is 0.396 e. The van der Waals surface area contributed by atoms with E-state index >= 15 is 0 Å². The van der Waals surface area contributed by atoms with E-state index < -0.39 is 14.9 Å². The highest BCUT2D eigenvalue weighted by atomic mass is 32.2. The number of nitro groups is 1. The normalized spacial score (nSPS) is 11.5. The van der Waals surface area contributed by atoms with Gasteiger partial charge >= 0.3 is 0 Å². The first kappa shape index (κ1) is 16.5. The summed E-state index contributed by atoms with van der Waals surface area (Å²) in [7, 11) is -3.74. The van der Waals surface area contributed by atoms with Gasteiger partial charge in [0.1, 0.15) is 0 Å². The Morgan fingerprint density at radius 1 is 1.30 bits per heavy atom. The molecule has 1 aromatic rings. The van der Waals surface area contributed by atoms with E-state index in [2.05, 4.69) is 4.72 Å². The molecule has 0 bridgehead atoms. The van der Waals surface area contributed by atoms with Crippen LogP contribution >= 0.6 is 0 Å². The van der Waals surface area contributed by atoms with Crippen LogP contribution in [-0.4, -0.2) is 31.6 Å². The Hall–Kier alpha value is -1.51. The highest BCUT2D eigenvalue weighted by Crippen LogP contribution is 2.21. The molecule has 7 nitrogen and oxygen atoms in total. The van der Waals surface area contributed by atoms with Crippen molar-refractivity contribution in [2.24, 2.45) is 0 Å². The average Bonchev–Trinajstić information content (AvgIpc) is 2.38. The third-order valence-electron chi connectivity index (χ3n) is 2.81. The van der Waals surface area contributed by atoms with Crippen molar-refractivity contribution in [3.63, 3.8) is 0 Å². The van der Waals surface area contributed by atoms with Gasteiger partial charge in [-0.1, -0.05) is 6.07 Å². The standard InChI is InChI=1S/C12H18N2O5S/c1-10-5-6-11(9-12(10)14(16)17)20(18,19)13-7-3-2-4-8-15/h5-6,9,13,15H,2-4,7-8H2,1H3. The number of aryl methyl sites for hydroxylation is 1. The lowest BCUT2D eigenvalue weighted by Gasteiger charge is -2.07. The third kappa shape index (κ3) is 4.55. The lowest BCUT2D eigenvalue weighted by molar-refractivity contribution is -0.385. The van der Waals surface area contributed by atoms with Crippen LogP contribution in [0.15, 0.2) is 23.1 Å². The number of unbranched alkanes of at least 4 members (excludes halogenated alkanes) is 2. The molecule has 0 aromatic heterocycles. The van der Waals surface area contributed by atoms with Crippen LogP contribution in [0.1, 0.15) is 24.8 Å². The summed E-state index contributed by atoms with van der Waals surface area (Å²) < 4.78 is 26.3. The van der Waals surface area contributed by atoms with Crippen molar-refractivity contribution in [3.05, 3.63) is 33.9 Å². The van der Waals surface area contributed by atoms with Crippen LogP contribution in [0, 0.1) is 17.0 Å². The molecule has 8 heteroatoms. The maximum Gasteiger partial charge on any atom is 0.273 e. The molecule has 0 unspecified atom stereocenters. The van der Waals surface area contributed by atoms with Gasteiger partial charge in [0.25, 0.3) is 5.69 Å². The van der Waals surface area contributed by atoms with Gasteiger partial charge in [-0.2, -0.15) is 0 Å². The predicted octanol–water partition coefficient (Wildman–Crippen LogP) is 1.34. The van der Waals surface area contributed by atoms with Crippen molar-refractivity contribution in [1.29, 1.82) is 0 Å². The van der Waals surface area contributed by atoms with Gasteiger partial charge in [-0.15, -0.1) is 0 Å². The highest BCUT2D eigenvalue weighted by molar-refractivity contribution is 7.89. The lowest BCUT2D eigenvalue weighted by Crippen LogP contribution is -2.25. The van der Waals surface area contributed by atoms with Crippen molar-refractivity contribution in [2.75, 3.05) is 13.2 Å². The van der Waals surface area contributed by atoms with Gasteiger partial charge < -0.3 is 5.11 Å². The summed E-state index contributed by atoms with van der Waals surface area (Å²) in [6.07, 6.45) is 1.94. The SMILES string of the molecule is Cc1ccc(S(=O)(=O)NCCCCCO)cc1[N+](=O)[O-]. The maximum atomic E-state index is 12.0. The Morgan fingerprint density at radius 2 is 2.00 bits per heavy atom. The fourth-order valence-electron chi connectivity index (χ4n) is 1.66. The molecule has 0 fully saturated rings. The summed E-state index contributed by atoms with van der Waals surface area (Å²) in [4.78, 5) is 10.1. The highest BCUT2D eigenvalue weighted by Gasteiger charge is 2.19. The molecule has 0 saturated carbocycles. The number of sulfonamides is 1. The summed E-state index contributed by atoms with van der Waals surface area (Å²) in [5.41, 5.74) is 0.199. The average molecular weight is 302 g/mol. The van der Waals surface area contributed by atoms with E-state index in [1.54, 1.807) is 6.92 Å². The molecular formula is C12H18N2O5S. The number of rotatable bonds is 8. The monoisotopic (exact) mass is 302 g/mol. The van der Waals surface area contributed by atoms with Crippen LogP contribution in [0.5, 0.6) is 0 Å². The summed E-state index contributed by atoms with van der Waals surface area (Å²) in [5.74, 6) is 0. The lowest BCUT2D eigenvalue weighted by atomic mass is 10.2. The van der Waals surface area contributed by atoms with Crippen LogP contribution in [0.3, 0.4) is 0 Å². The minimum atomic E-state index is -3.74. The van der Waals surface area contributed by atoms with E-state index in [1.807, 2.05) is 0 Å². The first-order chi connectivity index (χ1) is 9.38. The Balaban J connectivity index is 2.77. The molecule has 0 aliphatic rings. The number of benzene rings is 1. The summed E-state index contributed by atoms with van der Waals surface area (Å²) >= 11 is 0. The van der Waals surface area contributed by atoms with Gasteiger partial charge in [0, 0.05) is 24.8 Å². The zero-order valence-electron chi connectivity index (χ0n) is 11.2. The van der Waals surface area contributed by atoms with Gasteiger partial charge in [0.05, 0.1) is 9.82 Å². The first-order valence-electron chi connectivity index (χ1n) is 6.24. The second-order valence-corrected chi connectivity index (χ2v) is 6.15. The Morgan fingerprint density at radius 3 is 2.60 bits per heavy atom. The van der Waals surface area contributed by atoms with Crippen LogP contribution < -0.4 is 4.72 Å². The van der Waals surface area contributed by atoms with Crippen molar-refractivity contribution >= 4 is 15.7 Å². The molecule has 1 rings (SSSR count). The van der Waals surface area contributed by atoms with Crippen LogP contribution in [0.2, 0.25) is 0 Å². The van der Waals surface area contributed by atoms with E-state index in [1.165, 1.54) is 12.1 Å². The molecular weight excluding hydrogens is 284 g/mol. The minimum absolute atomic E-state index is 0.0803. The molecule has 0 saturated heterocycles. The molecule has 0 atom stereocenters. The predicted molar refractivity (Wildman–Crippen MR) is 74.0 cm³/mol. The van der Waals surface area contributed by atoms with Gasteiger partial charge in [0.2, 0.25) is 10.0 Å². The van der Waals surface area contributed by atoms with Gasteiger partial charge in [-0.3, -0.25) is 10.1 Å². The molecule has 1 aromatic carbocycles. The first-order valence-corrected chi connectivity index (χ1v) is 7.72. The summed E-state index contributed by atoms with van der Waals surface area (Å²) in [5, 5.41) is 19.4.